The number of nitrogens with zero attached hydrogens (tertiary/aromatic N) is 2. The molecule has 1 aliphatic rings. The number of allylic oxidation sites excluding steroid dienone is 1. The number of carbonyl (C=O) groups is 2. The van der Waals surface area contributed by atoms with E-state index in [1.54, 1.807) is 50.4 Å². The molecule has 1 atom stereocenters. The fourth-order valence-electron chi connectivity index (χ4n) is 4.26. The lowest BCUT2D eigenvalue weighted by Crippen LogP contribution is -2.40. The monoisotopic (exact) mass is 536 g/mol. The molecular formula is C28H28N2O7S. The molecule has 38 heavy (non-hydrogen) atoms. The number of aliphatic carboxylic acids is 1. The third-order valence-electron chi connectivity index (χ3n) is 5.87. The molecule has 0 aliphatic carbocycles. The Hall–Kier alpha value is -4.18. The van der Waals surface area contributed by atoms with Crippen molar-refractivity contribution in [2.24, 2.45) is 4.99 Å². The molecule has 0 saturated heterocycles. The van der Waals surface area contributed by atoms with Crippen molar-refractivity contribution in [1.82, 2.24) is 4.57 Å². The van der Waals surface area contributed by atoms with Crippen molar-refractivity contribution in [3.05, 3.63) is 90.6 Å². The van der Waals surface area contributed by atoms with Crippen molar-refractivity contribution < 1.29 is 28.9 Å². The summed E-state index contributed by atoms with van der Waals surface area (Å²) < 4.78 is 18.2. The molecule has 2 heterocycles. The number of hydrogen-bond donors (Lipinski definition) is 1. The van der Waals surface area contributed by atoms with Crippen LogP contribution in [-0.2, 0) is 14.3 Å². The first-order valence-electron chi connectivity index (χ1n) is 12.2. The summed E-state index contributed by atoms with van der Waals surface area (Å²) in [5, 5.41) is 8.79. The van der Waals surface area contributed by atoms with Crippen LogP contribution in [0.15, 0.2) is 69.6 Å². The Labute approximate surface area is 222 Å². The van der Waals surface area contributed by atoms with Crippen LogP contribution in [0.3, 0.4) is 0 Å². The van der Waals surface area contributed by atoms with Gasteiger partial charge in [0.1, 0.15) is 17.5 Å². The van der Waals surface area contributed by atoms with Crippen molar-refractivity contribution in [2.45, 2.75) is 32.7 Å². The average molecular weight is 537 g/mol. The molecule has 9 nitrogen and oxygen atoms in total. The van der Waals surface area contributed by atoms with Crippen LogP contribution < -0.4 is 24.4 Å². The number of benzene rings is 2. The molecule has 3 aromatic rings. The number of hydrogen-bond acceptors (Lipinski definition) is 8. The first-order valence-corrected chi connectivity index (χ1v) is 13.0. The van der Waals surface area contributed by atoms with Gasteiger partial charge in [-0.05, 0) is 43.2 Å². The van der Waals surface area contributed by atoms with Gasteiger partial charge in [0.15, 0.2) is 11.4 Å². The van der Waals surface area contributed by atoms with Gasteiger partial charge in [-0.3, -0.25) is 9.36 Å². The molecule has 1 aliphatic heterocycles. The molecule has 0 amide bonds. The number of methoxy groups -OCH3 is 1. The van der Waals surface area contributed by atoms with Gasteiger partial charge in [0.2, 0.25) is 0 Å². The zero-order valence-corrected chi connectivity index (χ0v) is 22.1. The van der Waals surface area contributed by atoms with Gasteiger partial charge < -0.3 is 19.3 Å². The van der Waals surface area contributed by atoms with E-state index in [0.717, 1.165) is 12.0 Å². The summed E-state index contributed by atoms with van der Waals surface area (Å²) in [4.78, 5) is 43.0. The van der Waals surface area contributed by atoms with Gasteiger partial charge in [-0.1, -0.05) is 55.0 Å². The smallest absolute Gasteiger partial charge is 0.341 e. The van der Waals surface area contributed by atoms with Crippen LogP contribution in [0.25, 0.3) is 6.08 Å². The standard InChI is InChI=1S/C28H28N2O7S/c1-4-8-20-24(27(34)36-5-2)25(19-9-6-7-10-21(19)35-3)30-26(33)22(38-28(30)29-20)15-17-11-13-18(14-12-17)37-16-23(31)32/h6-7,9-15,25H,4-5,8,16H2,1-3H3,(H,31,32)/b22-15-/t25-/m0/s1. The second-order valence-corrected chi connectivity index (χ2v) is 9.42. The average Bonchev–Trinajstić information content (AvgIpc) is 3.22. The Morgan fingerprint density at radius 1 is 1.13 bits per heavy atom. The zero-order chi connectivity index (χ0) is 27.2. The number of carboxylic acid groups (broad SMARTS) is 1. The van der Waals surface area contributed by atoms with Crippen LogP contribution in [0, 0.1) is 0 Å². The highest BCUT2D eigenvalue weighted by Crippen LogP contribution is 2.36. The molecule has 0 bridgehead atoms. The molecule has 1 N–H and O–H groups in total. The molecule has 0 unspecified atom stereocenters. The number of para-hydroxylation sites is 1. The minimum atomic E-state index is -1.07. The number of ether oxygens (including phenoxy) is 3. The third kappa shape index (κ3) is 5.55. The number of thiazole rings is 1. The minimum absolute atomic E-state index is 0.191. The lowest BCUT2D eigenvalue weighted by atomic mass is 9.93. The van der Waals surface area contributed by atoms with Gasteiger partial charge in [0, 0.05) is 5.56 Å². The fourth-order valence-corrected chi connectivity index (χ4v) is 5.28. The molecule has 1 aromatic heterocycles. The highest BCUT2D eigenvalue weighted by atomic mass is 32.1. The number of fused-ring (bicyclic) bond motifs is 1. The number of aromatic nitrogens is 1. The highest BCUT2D eigenvalue weighted by Gasteiger charge is 2.35. The molecule has 10 heteroatoms. The second kappa shape index (κ2) is 11.9. The summed E-state index contributed by atoms with van der Waals surface area (Å²) in [7, 11) is 1.55. The quantitative estimate of drug-likeness (QED) is 0.396. The summed E-state index contributed by atoms with van der Waals surface area (Å²) in [5.74, 6) is -0.625. The van der Waals surface area contributed by atoms with Crippen LogP contribution in [0.5, 0.6) is 11.5 Å². The molecule has 4 rings (SSSR count). The SMILES string of the molecule is CCCC1=C(C(=O)OCC)[C@H](c2ccccc2OC)n2c(s/c(=C\c3ccc(OCC(=O)O)cc3)c2=O)=N1. The van der Waals surface area contributed by atoms with Gasteiger partial charge in [-0.15, -0.1) is 0 Å². The number of rotatable bonds is 10. The molecule has 0 spiro atoms. The molecule has 2 aromatic carbocycles. The Kier molecular flexibility index (Phi) is 8.42. The van der Waals surface area contributed by atoms with Gasteiger partial charge >= 0.3 is 11.9 Å². The summed E-state index contributed by atoms with van der Waals surface area (Å²) >= 11 is 1.24. The largest absolute Gasteiger partial charge is 0.496 e. The maximum absolute atomic E-state index is 13.8. The highest BCUT2D eigenvalue weighted by molar-refractivity contribution is 7.07. The van der Waals surface area contributed by atoms with E-state index in [1.807, 2.05) is 25.1 Å². The Balaban J connectivity index is 1.89. The van der Waals surface area contributed by atoms with Crippen LogP contribution in [-0.4, -0.2) is 41.9 Å². The van der Waals surface area contributed by atoms with Gasteiger partial charge in [0.25, 0.3) is 5.56 Å². The second-order valence-electron chi connectivity index (χ2n) is 8.41. The maximum Gasteiger partial charge on any atom is 0.341 e. The van der Waals surface area contributed by atoms with E-state index in [-0.39, 0.29) is 12.2 Å². The Morgan fingerprint density at radius 2 is 1.87 bits per heavy atom. The molecule has 0 radical (unpaired) electrons. The zero-order valence-electron chi connectivity index (χ0n) is 21.3. The van der Waals surface area contributed by atoms with E-state index in [4.69, 9.17) is 24.3 Å². The van der Waals surface area contributed by atoms with Crippen molar-refractivity contribution in [2.75, 3.05) is 20.3 Å². The number of carbonyl (C=O) groups excluding carboxylic acids is 1. The summed E-state index contributed by atoms with van der Waals surface area (Å²) in [6.45, 7) is 3.49. The lowest BCUT2D eigenvalue weighted by molar-refractivity contribution is -0.140. The molecule has 0 fully saturated rings. The van der Waals surface area contributed by atoms with Gasteiger partial charge in [0.05, 0.1) is 29.5 Å². The molecular weight excluding hydrogens is 508 g/mol. The maximum atomic E-state index is 13.8. The Bertz CT molecular complexity index is 1550. The van der Waals surface area contributed by atoms with Crippen LogP contribution >= 0.6 is 11.3 Å². The summed E-state index contributed by atoms with van der Waals surface area (Å²) in [5.41, 5.74) is 2.01. The third-order valence-corrected chi connectivity index (χ3v) is 6.85. The summed E-state index contributed by atoms with van der Waals surface area (Å²) in [6, 6.07) is 13.3. The van der Waals surface area contributed by atoms with Crippen molar-refractivity contribution in [3.8, 4) is 11.5 Å². The lowest BCUT2D eigenvalue weighted by Gasteiger charge is -2.26. The Morgan fingerprint density at radius 3 is 2.53 bits per heavy atom. The topological polar surface area (TPSA) is 116 Å². The van der Waals surface area contributed by atoms with Gasteiger partial charge in [-0.25, -0.2) is 14.6 Å². The molecule has 198 valence electrons. The van der Waals surface area contributed by atoms with Crippen LogP contribution in [0.4, 0.5) is 0 Å². The normalized spacial score (nSPS) is 15.0. The predicted octanol–water partition coefficient (Wildman–Crippen LogP) is 3.05. The fraction of sp³-hybridized carbons (Fsp3) is 0.286. The minimum Gasteiger partial charge on any atom is -0.496 e. The summed E-state index contributed by atoms with van der Waals surface area (Å²) in [6.07, 6.45) is 3.03. The first kappa shape index (κ1) is 26.9. The number of carboxylic acids is 1. The van der Waals surface area contributed by atoms with Crippen LogP contribution in [0.2, 0.25) is 0 Å². The predicted molar refractivity (Wildman–Crippen MR) is 142 cm³/mol. The van der Waals surface area contributed by atoms with Crippen LogP contribution in [0.1, 0.15) is 43.9 Å². The first-order chi connectivity index (χ1) is 18.4. The molecule has 0 saturated carbocycles. The number of esters is 1. The van der Waals surface area contributed by atoms with Crippen molar-refractivity contribution in [3.63, 3.8) is 0 Å². The van der Waals surface area contributed by atoms with E-state index >= 15 is 0 Å². The van der Waals surface area contributed by atoms with E-state index in [1.165, 1.54) is 15.9 Å². The van der Waals surface area contributed by atoms with Crippen molar-refractivity contribution in [1.29, 1.82) is 0 Å². The van der Waals surface area contributed by atoms with E-state index in [9.17, 15) is 14.4 Å². The van der Waals surface area contributed by atoms with E-state index in [0.29, 0.717) is 44.1 Å². The van der Waals surface area contributed by atoms with Crippen molar-refractivity contribution >= 4 is 29.4 Å². The van der Waals surface area contributed by atoms with E-state index < -0.39 is 24.6 Å². The van der Waals surface area contributed by atoms with Gasteiger partial charge in [-0.2, -0.15) is 0 Å². The van der Waals surface area contributed by atoms with E-state index in [2.05, 4.69) is 0 Å².